The van der Waals surface area contributed by atoms with Gasteiger partial charge >= 0.3 is 0 Å². The Balaban J connectivity index is 1.68. The zero-order valence-electron chi connectivity index (χ0n) is 12.6. The summed E-state index contributed by atoms with van der Waals surface area (Å²) in [7, 11) is 0. The Hall–Kier alpha value is -1.09. The van der Waals surface area contributed by atoms with Crippen LogP contribution in [0.15, 0.2) is 18.3 Å². The van der Waals surface area contributed by atoms with Crippen LogP contribution >= 0.6 is 0 Å². The van der Waals surface area contributed by atoms with E-state index in [0.717, 1.165) is 24.8 Å². The summed E-state index contributed by atoms with van der Waals surface area (Å²) < 4.78 is 0. The second-order valence-electron chi connectivity index (χ2n) is 6.49. The van der Waals surface area contributed by atoms with Gasteiger partial charge in [-0.25, -0.2) is 4.98 Å². The molecule has 3 heteroatoms. The Bertz CT molecular complexity index is 428. The van der Waals surface area contributed by atoms with Gasteiger partial charge < -0.3 is 10.6 Å². The monoisotopic (exact) mass is 273 g/mol. The molecule has 1 saturated heterocycles. The van der Waals surface area contributed by atoms with Crippen LogP contribution in [0.3, 0.4) is 0 Å². The van der Waals surface area contributed by atoms with E-state index in [-0.39, 0.29) is 6.04 Å². The Morgan fingerprint density at radius 3 is 2.90 bits per heavy atom. The van der Waals surface area contributed by atoms with Crippen molar-refractivity contribution in [3.63, 3.8) is 0 Å². The zero-order chi connectivity index (χ0) is 13.9. The molecule has 110 valence electrons. The maximum absolute atomic E-state index is 6.01. The molecule has 0 bridgehead atoms. The average molecular weight is 273 g/mol. The summed E-state index contributed by atoms with van der Waals surface area (Å²) >= 11 is 0. The highest BCUT2D eigenvalue weighted by atomic mass is 15.2. The SMILES string of the molecule is CCC(N)Cc1ccc(N2CCC3CCCCC32)nc1. The molecule has 0 aromatic carbocycles. The van der Waals surface area contributed by atoms with Crippen LogP contribution in [0.5, 0.6) is 0 Å². The van der Waals surface area contributed by atoms with Crippen LogP contribution in [0.4, 0.5) is 5.82 Å². The predicted octanol–water partition coefficient (Wildman–Crippen LogP) is 3.13. The Morgan fingerprint density at radius 1 is 1.30 bits per heavy atom. The van der Waals surface area contributed by atoms with Gasteiger partial charge in [-0.3, -0.25) is 0 Å². The number of anilines is 1. The Morgan fingerprint density at radius 2 is 2.15 bits per heavy atom. The molecule has 2 N–H and O–H groups in total. The number of pyridine rings is 1. The summed E-state index contributed by atoms with van der Waals surface area (Å²) in [6, 6.07) is 5.43. The van der Waals surface area contributed by atoms with Crippen molar-refractivity contribution in [2.45, 2.75) is 64.0 Å². The van der Waals surface area contributed by atoms with E-state index in [0.29, 0.717) is 0 Å². The maximum atomic E-state index is 6.01. The van der Waals surface area contributed by atoms with Crippen LogP contribution in [0.1, 0.15) is 51.0 Å². The molecule has 2 heterocycles. The summed E-state index contributed by atoms with van der Waals surface area (Å²) in [5, 5.41) is 0. The molecule has 20 heavy (non-hydrogen) atoms. The van der Waals surface area contributed by atoms with Crippen molar-refractivity contribution < 1.29 is 0 Å². The lowest BCUT2D eigenvalue weighted by Gasteiger charge is -2.32. The largest absolute Gasteiger partial charge is 0.353 e. The average Bonchev–Trinajstić information content (AvgIpc) is 2.92. The van der Waals surface area contributed by atoms with Gasteiger partial charge in [0.1, 0.15) is 5.82 Å². The molecule has 3 atom stereocenters. The highest BCUT2D eigenvalue weighted by molar-refractivity contribution is 5.42. The number of nitrogens with two attached hydrogens (primary N) is 1. The number of aromatic nitrogens is 1. The summed E-state index contributed by atoms with van der Waals surface area (Å²) in [6.07, 6.45) is 10.9. The van der Waals surface area contributed by atoms with E-state index in [1.807, 2.05) is 6.20 Å². The van der Waals surface area contributed by atoms with Crippen molar-refractivity contribution in [3.05, 3.63) is 23.9 Å². The molecular weight excluding hydrogens is 246 g/mol. The number of fused-ring (bicyclic) bond motifs is 1. The van der Waals surface area contributed by atoms with E-state index in [1.165, 1.54) is 50.0 Å². The van der Waals surface area contributed by atoms with Crippen LogP contribution < -0.4 is 10.6 Å². The predicted molar refractivity (Wildman–Crippen MR) is 83.9 cm³/mol. The highest BCUT2D eigenvalue weighted by Gasteiger charge is 2.36. The van der Waals surface area contributed by atoms with Crippen LogP contribution in [-0.4, -0.2) is 23.6 Å². The third-order valence-electron chi connectivity index (χ3n) is 5.14. The van der Waals surface area contributed by atoms with Gasteiger partial charge in [0, 0.05) is 24.8 Å². The van der Waals surface area contributed by atoms with E-state index >= 15 is 0 Å². The smallest absolute Gasteiger partial charge is 0.128 e. The zero-order valence-corrected chi connectivity index (χ0v) is 12.6. The Labute approximate surface area is 122 Å². The van der Waals surface area contributed by atoms with Gasteiger partial charge in [-0.15, -0.1) is 0 Å². The lowest BCUT2D eigenvalue weighted by molar-refractivity contribution is 0.341. The summed E-state index contributed by atoms with van der Waals surface area (Å²) in [5.41, 5.74) is 7.28. The molecule has 3 unspecified atom stereocenters. The van der Waals surface area contributed by atoms with Crippen molar-refractivity contribution >= 4 is 5.82 Å². The molecule has 2 aliphatic rings. The van der Waals surface area contributed by atoms with Gasteiger partial charge in [-0.2, -0.15) is 0 Å². The minimum Gasteiger partial charge on any atom is -0.353 e. The minimum atomic E-state index is 0.261. The lowest BCUT2D eigenvalue weighted by atomic mass is 9.85. The molecule has 1 aromatic rings. The van der Waals surface area contributed by atoms with Gasteiger partial charge in [0.05, 0.1) is 0 Å². The summed E-state index contributed by atoms with van der Waals surface area (Å²) in [4.78, 5) is 7.26. The fourth-order valence-corrected chi connectivity index (χ4v) is 3.84. The van der Waals surface area contributed by atoms with E-state index in [1.54, 1.807) is 0 Å². The van der Waals surface area contributed by atoms with Crippen LogP contribution in [0.2, 0.25) is 0 Å². The van der Waals surface area contributed by atoms with Gasteiger partial charge in [-0.1, -0.05) is 25.8 Å². The molecule has 3 nitrogen and oxygen atoms in total. The molecule has 0 amide bonds. The molecule has 0 spiro atoms. The fraction of sp³-hybridized carbons (Fsp3) is 0.706. The summed E-state index contributed by atoms with van der Waals surface area (Å²) in [6.45, 7) is 3.33. The molecule has 1 aromatic heterocycles. The van der Waals surface area contributed by atoms with Gasteiger partial charge in [0.25, 0.3) is 0 Å². The van der Waals surface area contributed by atoms with E-state index in [2.05, 4.69) is 24.0 Å². The fourth-order valence-electron chi connectivity index (χ4n) is 3.84. The van der Waals surface area contributed by atoms with E-state index in [9.17, 15) is 0 Å². The topological polar surface area (TPSA) is 42.1 Å². The third-order valence-corrected chi connectivity index (χ3v) is 5.14. The molecule has 2 fully saturated rings. The quantitative estimate of drug-likeness (QED) is 0.916. The lowest BCUT2D eigenvalue weighted by Crippen LogP contribution is -2.35. The third kappa shape index (κ3) is 2.83. The molecule has 1 aliphatic carbocycles. The van der Waals surface area contributed by atoms with Crippen molar-refractivity contribution in [1.29, 1.82) is 0 Å². The number of nitrogens with zero attached hydrogens (tertiary/aromatic N) is 2. The summed E-state index contributed by atoms with van der Waals surface area (Å²) in [5.74, 6) is 2.09. The molecule has 0 radical (unpaired) electrons. The normalized spacial score (nSPS) is 27.4. The molecule has 3 rings (SSSR count). The van der Waals surface area contributed by atoms with Crippen LogP contribution in [0.25, 0.3) is 0 Å². The van der Waals surface area contributed by atoms with Crippen molar-refractivity contribution in [2.75, 3.05) is 11.4 Å². The minimum absolute atomic E-state index is 0.261. The van der Waals surface area contributed by atoms with Gasteiger partial charge in [0.2, 0.25) is 0 Å². The van der Waals surface area contributed by atoms with E-state index in [4.69, 9.17) is 10.7 Å². The van der Waals surface area contributed by atoms with Crippen molar-refractivity contribution in [2.24, 2.45) is 11.7 Å². The first kappa shape index (κ1) is 13.9. The maximum Gasteiger partial charge on any atom is 0.128 e. The highest BCUT2D eigenvalue weighted by Crippen LogP contribution is 2.38. The molecule has 1 saturated carbocycles. The molecular formula is C17H27N3. The molecule has 1 aliphatic heterocycles. The number of hydrogen-bond acceptors (Lipinski definition) is 3. The van der Waals surface area contributed by atoms with Gasteiger partial charge in [0.15, 0.2) is 0 Å². The first-order valence-corrected chi connectivity index (χ1v) is 8.25. The standard InChI is InChI=1S/C17H27N3/c1-2-15(18)11-13-7-8-17(19-12-13)20-10-9-14-5-3-4-6-16(14)20/h7-8,12,14-16H,2-6,9-11,18H2,1H3. The first-order chi connectivity index (χ1) is 9.78. The number of rotatable bonds is 4. The second kappa shape index (κ2) is 6.13. The van der Waals surface area contributed by atoms with Crippen LogP contribution in [-0.2, 0) is 6.42 Å². The van der Waals surface area contributed by atoms with Gasteiger partial charge in [-0.05, 0) is 49.7 Å². The number of hydrogen-bond donors (Lipinski definition) is 1. The van der Waals surface area contributed by atoms with Crippen molar-refractivity contribution in [1.82, 2.24) is 4.98 Å². The van der Waals surface area contributed by atoms with E-state index < -0.39 is 0 Å². The Kier molecular flexibility index (Phi) is 4.25. The second-order valence-corrected chi connectivity index (χ2v) is 6.49. The van der Waals surface area contributed by atoms with Crippen molar-refractivity contribution in [3.8, 4) is 0 Å². The first-order valence-electron chi connectivity index (χ1n) is 8.25. The van der Waals surface area contributed by atoms with Crippen LogP contribution in [0, 0.1) is 5.92 Å².